The molecule has 0 bridgehead atoms. The van der Waals surface area contributed by atoms with Crippen LogP contribution in [0.1, 0.15) is 77.3 Å². The molecule has 8 nitrogen and oxygen atoms in total. The summed E-state index contributed by atoms with van der Waals surface area (Å²) in [5.41, 5.74) is 4.23. The van der Waals surface area contributed by atoms with Crippen LogP contribution in [0.2, 0.25) is 0 Å². The molecule has 8 heteroatoms. The molecular formula is C29H34N4O4. The van der Waals surface area contributed by atoms with E-state index in [1.807, 2.05) is 45.0 Å². The number of Topliss-reactive ketones (excluding diaryl/α,β-unsaturated/α-hetero) is 1. The zero-order valence-electron chi connectivity index (χ0n) is 22.1. The van der Waals surface area contributed by atoms with Crippen LogP contribution >= 0.6 is 0 Å². The third-order valence-corrected chi connectivity index (χ3v) is 6.70. The summed E-state index contributed by atoms with van der Waals surface area (Å²) >= 11 is 0. The van der Waals surface area contributed by atoms with Crippen molar-refractivity contribution in [1.29, 1.82) is 0 Å². The fraction of sp³-hybridized carbons (Fsp3) is 0.414. The predicted octanol–water partition coefficient (Wildman–Crippen LogP) is 5.42. The molecule has 0 fully saturated rings. The van der Waals surface area contributed by atoms with Gasteiger partial charge in [-0.05, 0) is 55.2 Å². The Morgan fingerprint density at radius 2 is 1.86 bits per heavy atom. The van der Waals surface area contributed by atoms with Crippen LogP contribution in [0.15, 0.2) is 42.5 Å². The van der Waals surface area contributed by atoms with E-state index in [-0.39, 0.29) is 40.0 Å². The Hall–Kier alpha value is -3.81. The summed E-state index contributed by atoms with van der Waals surface area (Å²) in [5, 5.41) is 19.7. The molecule has 0 saturated heterocycles. The highest BCUT2D eigenvalue weighted by molar-refractivity contribution is 6.00. The fourth-order valence-electron chi connectivity index (χ4n) is 4.92. The van der Waals surface area contributed by atoms with Gasteiger partial charge in [0.2, 0.25) is 0 Å². The first kappa shape index (κ1) is 26.3. The van der Waals surface area contributed by atoms with Crippen LogP contribution in [0.25, 0.3) is 5.69 Å². The Balaban J connectivity index is 1.65. The average Bonchev–Trinajstić information content (AvgIpc) is 3.16. The minimum absolute atomic E-state index is 0.0281. The summed E-state index contributed by atoms with van der Waals surface area (Å²) in [6.45, 7) is 10.6. The molecule has 4 rings (SSSR count). The molecule has 1 amide bonds. The van der Waals surface area contributed by atoms with Crippen molar-refractivity contribution in [2.75, 3.05) is 6.54 Å². The molecule has 37 heavy (non-hydrogen) atoms. The van der Waals surface area contributed by atoms with Crippen molar-refractivity contribution in [2.45, 2.75) is 60.3 Å². The second-order valence-corrected chi connectivity index (χ2v) is 11.2. The third-order valence-electron chi connectivity index (χ3n) is 6.70. The van der Waals surface area contributed by atoms with Gasteiger partial charge in [0.25, 0.3) is 11.6 Å². The standard InChI is InChI=1S/C29H34N4O4/c1-18(2)14-22-27-25(16-29(4,5)17-26(27)34)32(31-22)23-11-10-21(15-24(23)33(36)37)28(35)30-13-12-20-8-6-19(3)7-9-20/h6-11,15,18H,12-14,16-17H2,1-5H3,(H,30,35). The normalized spacial score (nSPS) is 14.5. The molecule has 1 aromatic heterocycles. The molecule has 1 N–H and O–H groups in total. The number of hydrogen-bond acceptors (Lipinski definition) is 5. The van der Waals surface area contributed by atoms with Crippen LogP contribution in [0.3, 0.4) is 0 Å². The number of rotatable bonds is 8. The lowest BCUT2D eigenvalue weighted by molar-refractivity contribution is -0.384. The van der Waals surface area contributed by atoms with E-state index in [4.69, 9.17) is 5.10 Å². The number of nitrogens with one attached hydrogen (secondary N) is 1. The number of nitro groups is 1. The highest BCUT2D eigenvalue weighted by Crippen LogP contribution is 2.39. The van der Waals surface area contributed by atoms with Crippen LogP contribution in [0.5, 0.6) is 0 Å². The highest BCUT2D eigenvalue weighted by atomic mass is 16.6. The second-order valence-electron chi connectivity index (χ2n) is 11.2. The predicted molar refractivity (Wildman–Crippen MR) is 142 cm³/mol. The molecule has 0 spiro atoms. The van der Waals surface area contributed by atoms with Crippen LogP contribution in [0, 0.1) is 28.4 Å². The second kappa shape index (κ2) is 10.3. The summed E-state index contributed by atoms with van der Waals surface area (Å²) in [7, 11) is 0. The smallest absolute Gasteiger partial charge is 0.295 e. The number of aryl methyl sites for hydroxylation is 1. The topological polar surface area (TPSA) is 107 Å². The zero-order valence-corrected chi connectivity index (χ0v) is 22.1. The lowest BCUT2D eigenvalue weighted by atomic mass is 9.75. The first-order valence-electron chi connectivity index (χ1n) is 12.7. The van der Waals surface area contributed by atoms with Crippen molar-refractivity contribution in [2.24, 2.45) is 11.3 Å². The number of nitrogens with zero attached hydrogens (tertiary/aromatic N) is 3. The Bertz CT molecular complexity index is 1350. The maximum atomic E-state index is 13.1. The maximum Gasteiger partial charge on any atom is 0.295 e. The van der Waals surface area contributed by atoms with E-state index in [2.05, 4.69) is 19.2 Å². The van der Waals surface area contributed by atoms with Crippen molar-refractivity contribution >= 4 is 17.4 Å². The van der Waals surface area contributed by atoms with Gasteiger partial charge in [0.1, 0.15) is 5.69 Å². The van der Waals surface area contributed by atoms with Crippen molar-refractivity contribution < 1.29 is 14.5 Å². The van der Waals surface area contributed by atoms with Crippen molar-refractivity contribution in [3.63, 3.8) is 0 Å². The quantitative estimate of drug-likeness (QED) is 0.327. The summed E-state index contributed by atoms with van der Waals surface area (Å²) < 4.78 is 1.56. The largest absolute Gasteiger partial charge is 0.352 e. The monoisotopic (exact) mass is 502 g/mol. The molecular weight excluding hydrogens is 468 g/mol. The molecule has 1 aliphatic rings. The molecule has 0 unspecified atom stereocenters. The van der Waals surface area contributed by atoms with Crippen LogP contribution in [-0.4, -0.2) is 32.9 Å². The van der Waals surface area contributed by atoms with Gasteiger partial charge in [0.05, 0.1) is 21.9 Å². The van der Waals surface area contributed by atoms with Gasteiger partial charge < -0.3 is 5.32 Å². The van der Waals surface area contributed by atoms with E-state index in [1.165, 1.54) is 11.6 Å². The number of nitro benzene ring substituents is 1. The van der Waals surface area contributed by atoms with E-state index < -0.39 is 4.92 Å². The van der Waals surface area contributed by atoms with Crippen molar-refractivity contribution in [3.05, 3.63) is 86.2 Å². The SMILES string of the molecule is Cc1ccc(CCNC(=O)c2ccc(-n3nc(CC(C)C)c4c3CC(C)(C)CC4=O)c([N+](=O)[O-])c2)cc1. The molecule has 0 aliphatic heterocycles. The van der Waals surface area contributed by atoms with Gasteiger partial charge in [0, 0.05) is 24.6 Å². The van der Waals surface area contributed by atoms with Gasteiger partial charge >= 0.3 is 0 Å². The number of ketones is 1. The molecule has 0 radical (unpaired) electrons. The molecule has 1 aliphatic carbocycles. The van der Waals surface area contributed by atoms with Crippen LogP contribution in [-0.2, 0) is 19.3 Å². The van der Waals surface area contributed by atoms with Crippen LogP contribution in [0.4, 0.5) is 5.69 Å². The van der Waals surface area contributed by atoms with Gasteiger partial charge in [-0.1, -0.05) is 57.5 Å². The van der Waals surface area contributed by atoms with Crippen LogP contribution < -0.4 is 5.32 Å². The molecule has 0 saturated carbocycles. The number of carbonyl (C=O) groups is 2. The van der Waals surface area contributed by atoms with E-state index in [0.717, 1.165) is 5.56 Å². The summed E-state index contributed by atoms with van der Waals surface area (Å²) in [6.07, 6.45) is 2.27. The third kappa shape index (κ3) is 5.79. The first-order valence-corrected chi connectivity index (χ1v) is 12.7. The van der Waals surface area contributed by atoms with E-state index in [1.54, 1.807) is 16.8 Å². The van der Waals surface area contributed by atoms with Gasteiger partial charge in [-0.15, -0.1) is 0 Å². The lowest BCUT2D eigenvalue weighted by Crippen LogP contribution is -2.28. The van der Waals surface area contributed by atoms with E-state index >= 15 is 0 Å². The minimum Gasteiger partial charge on any atom is -0.352 e. The summed E-state index contributed by atoms with van der Waals surface area (Å²) in [4.78, 5) is 37.5. The van der Waals surface area contributed by atoms with Crippen molar-refractivity contribution in [3.8, 4) is 5.69 Å². The molecule has 194 valence electrons. The number of benzene rings is 2. The summed E-state index contributed by atoms with van der Waals surface area (Å²) in [5.74, 6) is -0.0717. The highest BCUT2D eigenvalue weighted by Gasteiger charge is 2.37. The number of fused-ring (bicyclic) bond motifs is 1. The number of carbonyl (C=O) groups excluding carboxylic acids is 2. The van der Waals surface area contributed by atoms with Gasteiger partial charge in [-0.3, -0.25) is 19.7 Å². The average molecular weight is 503 g/mol. The van der Waals surface area contributed by atoms with Gasteiger partial charge in [0.15, 0.2) is 5.78 Å². The number of amides is 1. The van der Waals surface area contributed by atoms with E-state index in [9.17, 15) is 19.7 Å². The minimum atomic E-state index is -0.496. The van der Waals surface area contributed by atoms with Gasteiger partial charge in [-0.2, -0.15) is 5.10 Å². The molecule has 1 heterocycles. The molecule has 2 aromatic carbocycles. The van der Waals surface area contributed by atoms with Crippen molar-refractivity contribution in [1.82, 2.24) is 15.1 Å². The lowest BCUT2D eigenvalue weighted by Gasteiger charge is -2.29. The molecule has 3 aromatic rings. The Morgan fingerprint density at radius 3 is 2.51 bits per heavy atom. The first-order chi connectivity index (χ1) is 17.4. The van der Waals surface area contributed by atoms with E-state index in [0.29, 0.717) is 49.2 Å². The Morgan fingerprint density at radius 1 is 1.16 bits per heavy atom. The van der Waals surface area contributed by atoms with Gasteiger partial charge in [-0.25, -0.2) is 4.68 Å². The zero-order chi connectivity index (χ0) is 26.9. The maximum absolute atomic E-state index is 13.1. The fourth-order valence-corrected chi connectivity index (χ4v) is 4.92. The molecule has 0 atom stereocenters. The number of aromatic nitrogens is 2. The number of hydrogen-bond donors (Lipinski definition) is 1. The summed E-state index contributed by atoms with van der Waals surface area (Å²) in [6, 6.07) is 12.5. The Kier molecular flexibility index (Phi) is 7.30. The Labute approximate surface area is 217 Å².